The Morgan fingerprint density at radius 2 is 2.00 bits per heavy atom. The van der Waals surface area contributed by atoms with E-state index in [2.05, 4.69) is 10.6 Å². The van der Waals surface area contributed by atoms with Crippen molar-refractivity contribution in [2.45, 2.75) is 38.2 Å². The summed E-state index contributed by atoms with van der Waals surface area (Å²) in [4.78, 5) is 35.9. The third-order valence-corrected chi connectivity index (χ3v) is 4.65. The van der Waals surface area contributed by atoms with Crippen molar-refractivity contribution in [2.75, 3.05) is 19.8 Å². The number of carbonyl (C=O) groups excluding carboxylic acids is 3. The summed E-state index contributed by atoms with van der Waals surface area (Å²) in [5, 5.41) is 5.15. The van der Waals surface area contributed by atoms with Crippen molar-refractivity contribution in [1.29, 1.82) is 0 Å². The first-order chi connectivity index (χ1) is 13.0. The monoisotopic (exact) mass is 376 g/mol. The fraction of sp³-hybridized carbons (Fsp3) is 0.526. The Morgan fingerprint density at radius 1 is 1.22 bits per heavy atom. The van der Waals surface area contributed by atoms with Crippen LogP contribution >= 0.6 is 0 Å². The van der Waals surface area contributed by atoms with Crippen LogP contribution in [0.4, 0.5) is 4.79 Å². The van der Waals surface area contributed by atoms with Gasteiger partial charge in [0.05, 0.1) is 25.7 Å². The molecule has 27 heavy (non-hydrogen) atoms. The van der Waals surface area contributed by atoms with E-state index in [0.717, 1.165) is 12.0 Å². The van der Waals surface area contributed by atoms with E-state index in [1.807, 2.05) is 30.3 Å². The molecule has 1 aromatic rings. The van der Waals surface area contributed by atoms with E-state index in [9.17, 15) is 14.4 Å². The van der Waals surface area contributed by atoms with Crippen LogP contribution in [-0.4, -0.2) is 56.0 Å². The second kappa shape index (κ2) is 8.96. The Bertz CT molecular complexity index is 680. The minimum atomic E-state index is -0.850. The molecule has 0 aliphatic carbocycles. The lowest BCUT2D eigenvalue weighted by molar-refractivity contribution is -0.125. The first kappa shape index (κ1) is 19.3. The van der Waals surface area contributed by atoms with Gasteiger partial charge in [0.2, 0.25) is 5.91 Å². The molecule has 8 nitrogen and oxygen atoms in total. The van der Waals surface area contributed by atoms with Crippen LogP contribution in [0.15, 0.2) is 30.3 Å². The summed E-state index contributed by atoms with van der Waals surface area (Å²) in [6.07, 6.45) is -0.336. The summed E-state index contributed by atoms with van der Waals surface area (Å²) in [5.74, 6) is -0.578. The van der Waals surface area contributed by atoms with E-state index < -0.39 is 24.1 Å². The quantitative estimate of drug-likeness (QED) is 0.729. The largest absolute Gasteiger partial charge is 0.443 e. The molecule has 2 aliphatic rings. The Kier molecular flexibility index (Phi) is 6.41. The van der Waals surface area contributed by atoms with E-state index >= 15 is 0 Å². The van der Waals surface area contributed by atoms with Gasteiger partial charge in [-0.3, -0.25) is 9.59 Å². The highest BCUT2D eigenvalue weighted by Crippen LogP contribution is 2.32. The van der Waals surface area contributed by atoms with Gasteiger partial charge in [-0.1, -0.05) is 30.3 Å². The number of rotatable bonds is 7. The van der Waals surface area contributed by atoms with Crippen LogP contribution < -0.4 is 10.6 Å². The van der Waals surface area contributed by atoms with E-state index in [0.29, 0.717) is 6.61 Å². The highest BCUT2D eigenvalue weighted by Gasteiger charge is 2.44. The number of benzene rings is 1. The first-order valence-corrected chi connectivity index (χ1v) is 9.04. The predicted octanol–water partition coefficient (Wildman–Crippen LogP) is 0.790. The molecule has 0 saturated carbocycles. The van der Waals surface area contributed by atoms with Gasteiger partial charge in [-0.15, -0.1) is 0 Å². The number of Topliss-reactive ketones (excluding diaryl/α,β-unsaturated/α-hetero) is 1. The smallest absolute Gasteiger partial charge is 0.408 e. The Balaban J connectivity index is 1.60. The van der Waals surface area contributed by atoms with Gasteiger partial charge in [-0.05, 0) is 18.9 Å². The number of nitrogens with one attached hydrogen (secondary N) is 2. The molecule has 146 valence electrons. The van der Waals surface area contributed by atoms with Gasteiger partial charge in [0, 0.05) is 6.42 Å². The maximum Gasteiger partial charge on any atom is 0.408 e. The lowest BCUT2D eigenvalue weighted by Crippen LogP contribution is -2.49. The molecule has 8 heteroatoms. The number of ketones is 1. The standard InChI is InChI=1S/C19H24N2O6/c1-12(22)10-20-17(23)15(9-13-5-3-2-4-6-13)21-19(24)27-16-11-26-18-14(16)7-8-25-18/h2-6,14-16,18H,7-11H2,1H3,(H,20,23)(H,21,24)/t14-,15-,16-,18+/m0/s1. The summed E-state index contributed by atoms with van der Waals surface area (Å²) in [5.41, 5.74) is 0.884. The second-order valence-electron chi connectivity index (χ2n) is 6.78. The third kappa shape index (κ3) is 5.27. The summed E-state index contributed by atoms with van der Waals surface area (Å²) in [7, 11) is 0. The van der Waals surface area contributed by atoms with Gasteiger partial charge in [-0.2, -0.15) is 0 Å². The highest BCUT2D eigenvalue weighted by atomic mass is 16.7. The molecule has 2 aliphatic heterocycles. The molecule has 0 spiro atoms. The summed E-state index contributed by atoms with van der Waals surface area (Å²) in [6, 6.07) is 8.46. The molecular formula is C19H24N2O6. The van der Waals surface area contributed by atoms with Gasteiger partial charge < -0.3 is 24.8 Å². The summed E-state index contributed by atoms with van der Waals surface area (Å²) in [6.45, 7) is 2.16. The Morgan fingerprint density at radius 3 is 2.74 bits per heavy atom. The van der Waals surface area contributed by atoms with Crippen LogP contribution in [0.2, 0.25) is 0 Å². The van der Waals surface area contributed by atoms with Crippen molar-refractivity contribution in [3.05, 3.63) is 35.9 Å². The van der Waals surface area contributed by atoms with Crippen LogP contribution in [0.25, 0.3) is 0 Å². The lowest BCUT2D eigenvalue weighted by atomic mass is 10.0. The van der Waals surface area contributed by atoms with Crippen LogP contribution in [0.5, 0.6) is 0 Å². The van der Waals surface area contributed by atoms with Gasteiger partial charge in [0.25, 0.3) is 0 Å². The molecule has 3 rings (SSSR count). The molecule has 0 aromatic heterocycles. The minimum absolute atomic E-state index is 0.0230. The molecule has 4 atom stereocenters. The Hall–Kier alpha value is -2.45. The minimum Gasteiger partial charge on any atom is -0.443 e. The molecule has 2 N–H and O–H groups in total. The number of ether oxygens (including phenoxy) is 3. The number of amides is 2. The fourth-order valence-electron chi connectivity index (χ4n) is 3.26. The van der Waals surface area contributed by atoms with Crippen molar-refractivity contribution >= 4 is 17.8 Å². The van der Waals surface area contributed by atoms with E-state index in [1.54, 1.807) is 0 Å². The SMILES string of the molecule is CC(=O)CNC(=O)[C@H](Cc1ccccc1)NC(=O)O[C@H]1CO[C@H]2OCC[C@H]21. The molecule has 0 radical (unpaired) electrons. The number of alkyl carbamates (subject to hydrolysis) is 1. The van der Waals surface area contributed by atoms with Gasteiger partial charge in [0.1, 0.15) is 17.9 Å². The topological polar surface area (TPSA) is 103 Å². The first-order valence-electron chi connectivity index (χ1n) is 9.04. The van der Waals surface area contributed by atoms with Crippen LogP contribution in [-0.2, 0) is 30.2 Å². The maximum atomic E-state index is 12.4. The maximum absolute atomic E-state index is 12.4. The van der Waals surface area contributed by atoms with E-state index in [4.69, 9.17) is 14.2 Å². The van der Waals surface area contributed by atoms with Gasteiger partial charge in [-0.25, -0.2) is 4.79 Å². The van der Waals surface area contributed by atoms with Crippen LogP contribution in [0.3, 0.4) is 0 Å². The van der Waals surface area contributed by atoms with E-state index in [-0.39, 0.29) is 37.6 Å². The molecule has 2 fully saturated rings. The van der Waals surface area contributed by atoms with Crippen LogP contribution in [0, 0.1) is 5.92 Å². The lowest BCUT2D eigenvalue weighted by Gasteiger charge is -2.21. The van der Waals surface area contributed by atoms with Crippen molar-refractivity contribution in [2.24, 2.45) is 5.92 Å². The summed E-state index contributed by atoms with van der Waals surface area (Å²) >= 11 is 0. The zero-order valence-electron chi connectivity index (χ0n) is 15.2. The predicted molar refractivity (Wildman–Crippen MR) is 94.8 cm³/mol. The molecule has 0 unspecified atom stereocenters. The number of hydrogen-bond acceptors (Lipinski definition) is 6. The second-order valence-corrected chi connectivity index (χ2v) is 6.78. The van der Waals surface area contributed by atoms with Crippen molar-refractivity contribution in [3.63, 3.8) is 0 Å². The molecule has 2 saturated heterocycles. The molecule has 2 amide bonds. The molecule has 2 heterocycles. The zero-order chi connectivity index (χ0) is 19.2. The highest BCUT2D eigenvalue weighted by molar-refractivity contribution is 5.89. The van der Waals surface area contributed by atoms with Crippen LogP contribution in [0.1, 0.15) is 18.9 Å². The molecule has 0 bridgehead atoms. The van der Waals surface area contributed by atoms with E-state index in [1.165, 1.54) is 6.92 Å². The van der Waals surface area contributed by atoms with Gasteiger partial charge >= 0.3 is 6.09 Å². The van der Waals surface area contributed by atoms with Gasteiger partial charge in [0.15, 0.2) is 6.29 Å². The van der Waals surface area contributed by atoms with Crippen molar-refractivity contribution < 1.29 is 28.6 Å². The van der Waals surface area contributed by atoms with Crippen molar-refractivity contribution in [3.8, 4) is 0 Å². The van der Waals surface area contributed by atoms with Crippen molar-refractivity contribution in [1.82, 2.24) is 10.6 Å². The average molecular weight is 376 g/mol. The summed E-state index contributed by atoms with van der Waals surface area (Å²) < 4.78 is 16.3. The third-order valence-electron chi connectivity index (χ3n) is 4.65. The Labute approximate surface area is 157 Å². The normalized spacial score (nSPS) is 24.7. The number of hydrogen-bond donors (Lipinski definition) is 2. The zero-order valence-corrected chi connectivity index (χ0v) is 15.2. The fourth-order valence-corrected chi connectivity index (χ4v) is 3.26. The average Bonchev–Trinajstić information content (AvgIpc) is 3.25. The number of carbonyl (C=O) groups is 3. The molecular weight excluding hydrogens is 352 g/mol. The number of fused-ring (bicyclic) bond motifs is 1. The molecule has 1 aromatic carbocycles.